The molecule has 0 unspecified atom stereocenters. The SMILES string of the molecule is COc1ccc(C(=O)CSc2ncnc3scc(-c4ccc(Cl)cc4)c23)cc1. The Hall–Kier alpha value is -2.41. The summed E-state index contributed by atoms with van der Waals surface area (Å²) in [4.78, 5) is 22.3. The number of ketones is 1. The molecule has 4 rings (SSSR count). The number of hydrogen-bond acceptors (Lipinski definition) is 6. The number of Topliss-reactive ketones (excluding diaryl/α,β-unsaturated/α-hetero) is 1. The van der Waals surface area contributed by atoms with Gasteiger partial charge in [0.2, 0.25) is 0 Å². The fourth-order valence-corrected chi connectivity index (χ4v) is 4.81. The Bertz CT molecular complexity index is 1130. The van der Waals surface area contributed by atoms with E-state index in [2.05, 4.69) is 15.3 Å². The monoisotopic (exact) mass is 426 g/mol. The second-order valence-electron chi connectivity index (χ2n) is 5.96. The molecule has 2 aromatic heterocycles. The largest absolute Gasteiger partial charge is 0.497 e. The highest BCUT2D eigenvalue weighted by Crippen LogP contribution is 2.38. The fourth-order valence-electron chi connectivity index (χ4n) is 2.79. The van der Waals surface area contributed by atoms with E-state index in [-0.39, 0.29) is 5.78 Å². The Labute approximate surface area is 175 Å². The number of methoxy groups -OCH3 is 1. The second kappa shape index (κ2) is 8.31. The van der Waals surface area contributed by atoms with E-state index in [0.717, 1.165) is 32.1 Å². The van der Waals surface area contributed by atoms with Crippen LogP contribution in [0.4, 0.5) is 0 Å². The number of carbonyl (C=O) groups excluding carboxylic acids is 1. The first-order valence-corrected chi connectivity index (χ1v) is 10.7. The molecule has 0 spiro atoms. The highest BCUT2D eigenvalue weighted by atomic mass is 35.5. The van der Waals surface area contributed by atoms with Crippen molar-refractivity contribution in [2.45, 2.75) is 5.03 Å². The van der Waals surface area contributed by atoms with Crippen molar-refractivity contribution in [1.29, 1.82) is 0 Å². The lowest BCUT2D eigenvalue weighted by Crippen LogP contribution is -2.02. The molecule has 0 radical (unpaired) electrons. The Balaban J connectivity index is 1.60. The number of hydrogen-bond donors (Lipinski definition) is 0. The number of benzene rings is 2. The van der Waals surface area contributed by atoms with Crippen LogP contribution in [0.1, 0.15) is 10.4 Å². The van der Waals surface area contributed by atoms with Crippen molar-refractivity contribution in [3.05, 3.63) is 70.8 Å². The summed E-state index contributed by atoms with van der Waals surface area (Å²) in [6.07, 6.45) is 1.55. The van der Waals surface area contributed by atoms with Gasteiger partial charge in [0.05, 0.1) is 18.2 Å². The van der Waals surface area contributed by atoms with E-state index in [1.807, 2.05) is 24.3 Å². The maximum absolute atomic E-state index is 12.6. The highest BCUT2D eigenvalue weighted by Gasteiger charge is 2.15. The lowest BCUT2D eigenvalue weighted by atomic mass is 10.1. The van der Waals surface area contributed by atoms with Gasteiger partial charge < -0.3 is 4.74 Å². The molecular formula is C21H15ClN2O2S2. The number of carbonyl (C=O) groups is 1. The molecule has 28 heavy (non-hydrogen) atoms. The molecule has 0 saturated carbocycles. The molecule has 0 saturated heterocycles. The first-order chi connectivity index (χ1) is 13.7. The number of thiophene rings is 1. The van der Waals surface area contributed by atoms with Crippen molar-refractivity contribution in [1.82, 2.24) is 9.97 Å². The van der Waals surface area contributed by atoms with Crippen LogP contribution in [0.5, 0.6) is 5.75 Å². The molecule has 4 nitrogen and oxygen atoms in total. The third-order valence-electron chi connectivity index (χ3n) is 4.24. The van der Waals surface area contributed by atoms with Crippen molar-refractivity contribution >= 4 is 50.7 Å². The second-order valence-corrected chi connectivity index (χ2v) is 8.21. The van der Waals surface area contributed by atoms with Crippen LogP contribution in [0.25, 0.3) is 21.3 Å². The molecule has 2 heterocycles. The number of fused-ring (bicyclic) bond motifs is 1. The van der Waals surface area contributed by atoms with Crippen LogP contribution in [0.15, 0.2) is 65.3 Å². The summed E-state index contributed by atoms with van der Waals surface area (Å²) in [5.74, 6) is 1.07. The van der Waals surface area contributed by atoms with Gasteiger partial charge in [-0.05, 0) is 42.0 Å². The van der Waals surface area contributed by atoms with Crippen molar-refractivity contribution in [3.8, 4) is 16.9 Å². The van der Waals surface area contributed by atoms with Gasteiger partial charge in [-0.1, -0.05) is 35.5 Å². The molecule has 0 aliphatic carbocycles. The van der Waals surface area contributed by atoms with Gasteiger partial charge in [0, 0.05) is 21.5 Å². The number of thioether (sulfide) groups is 1. The smallest absolute Gasteiger partial charge is 0.173 e. The number of nitrogens with zero attached hydrogens (tertiary/aromatic N) is 2. The fraction of sp³-hybridized carbons (Fsp3) is 0.0952. The Morgan fingerprint density at radius 2 is 1.86 bits per heavy atom. The first kappa shape index (κ1) is 18.9. The molecule has 0 atom stereocenters. The zero-order chi connectivity index (χ0) is 19.5. The summed E-state index contributed by atoms with van der Waals surface area (Å²) in [7, 11) is 1.60. The standard InChI is InChI=1S/C21H15ClN2O2S2/c1-26-16-8-4-14(5-9-16)18(25)11-28-21-19-17(10-27-20(19)23-12-24-21)13-2-6-15(22)7-3-13/h2-10,12H,11H2,1H3. The molecule has 0 fully saturated rings. The molecular weight excluding hydrogens is 412 g/mol. The Morgan fingerprint density at radius 1 is 1.11 bits per heavy atom. The van der Waals surface area contributed by atoms with Crippen LogP contribution in [-0.2, 0) is 0 Å². The van der Waals surface area contributed by atoms with Crippen molar-refractivity contribution in [2.75, 3.05) is 12.9 Å². The highest BCUT2D eigenvalue weighted by molar-refractivity contribution is 8.00. The van der Waals surface area contributed by atoms with Gasteiger partial charge in [-0.3, -0.25) is 4.79 Å². The summed E-state index contributed by atoms with van der Waals surface area (Å²) in [6, 6.07) is 14.8. The van der Waals surface area contributed by atoms with Crippen LogP contribution in [0, 0.1) is 0 Å². The third-order valence-corrected chi connectivity index (χ3v) is 6.37. The summed E-state index contributed by atoms with van der Waals surface area (Å²) in [5.41, 5.74) is 2.76. The average molecular weight is 427 g/mol. The van der Waals surface area contributed by atoms with E-state index >= 15 is 0 Å². The molecule has 2 aromatic carbocycles. The molecule has 4 aromatic rings. The summed E-state index contributed by atoms with van der Waals surface area (Å²) in [5, 5.41) is 4.54. The average Bonchev–Trinajstić information content (AvgIpc) is 3.17. The zero-order valence-corrected chi connectivity index (χ0v) is 17.3. The van der Waals surface area contributed by atoms with Crippen LogP contribution in [-0.4, -0.2) is 28.6 Å². The van der Waals surface area contributed by atoms with E-state index in [1.54, 1.807) is 49.0 Å². The molecule has 0 bridgehead atoms. The van der Waals surface area contributed by atoms with E-state index in [9.17, 15) is 4.79 Å². The van der Waals surface area contributed by atoms with E-state index in [4.69, 9.17) is 16.3 Å². The number of rotatable bonds is 6. The van der Waals surface area contributed by atoms with E-state index < -0.39 is 0 Å². The van der Waals surface area contributed by atoms with Gasteiger partial charge in [0.25, 0.3) is 0 Å². The van der Waals surface area contributed by atoms with Gasteiger partial charge in [0.1, 0.15) is 21.9 Å². The first-order valence-electron chi connectivity index (χ1n) is 8.44. The van der Waals surface area contributed by atoms with Crippen LogP contribution in [0.2, 0.25) is 5.02 Å². The summed E-state index contributed by atoms with van der Waals surface area (Å²) >= 11 is 9.01. The van der Waals surface area contributed by atoms with Gasteiger partial charge in [0.15, 0.2) is 5.78 Å². The van der Waals surface area contributed by atoms with Gasteiger partial charge >= 0.3 is 0 Å². The molecule has 7 heteroatoms. The summed E-state index contributed by atoms with van der Waals surface area (Å²) in [6.45, 7) is 0. The zero-order valence-electron chi connectivity index (χ0n) is 14.9. The van der Waals surface area contributed by atoms with Crippen molar-refractivity contribution in [2.24, 2.45) is 0 Å². The molecule has 0 aliphatic rings. The number of aromatic nitrogens is 2. The van der Waals surface area contributed by atoms with Crippen LogP contribution in [0.3, 0.4) is 0 Å². The predicted molar refractivity (Wildman–Crippen MR) is 116 cm³/mol. The minimum atomic E-state index is 0.0442. The molecule has 0 amide bonds. The minimum absolute atomic E-state index is 0.0442. The summed E-state index contributed by atoms with van der Waals surface area (Å²) < 4.78 is 5.14. The lowest BCUT2D eigenvalue weighted by molar-refractivity contribution is 0.102. The maximum Gasteiger partial charge on any atom is 0.173 e. The van der Waals surface area contributed by atoms with Crippen LogP contribution < -0.4 is 4.74 Å². The third kappa shape index (κ3) is 3.90. The van der Waals surface area contributed by atoms with Gasteiger partial charge in [-0.25, -0.2) is 9.97 Å². The number of halogens is 1. The van der Waals surface area contributed by atoms with Crippen molar-refractivity contribution in [3.63, 3.8) is 0 Å². The minimum Gasteiger partial charge on any atom is -0.497 e. The van der Waals surface area contributed by atoms with E-state index in [0.29, 0.717) is 16.3 Å². The van der Waals surface area contributed by atoms with Crippen molar-refractivity contribution < 1.29 is 9.53 Å². The topological polar surface area (TPSA) is 52.1 Å². The normalized spacial score (nSPS) is 10.9. The lowest BCUT2D eigenvalue weighted by Gasteiger charge is -2.06. The van der Waals surface area contributed by atoms with Gasteiger partial charge in [-0.2, -0.15) is 0 Å². The maximum atomic E-state index is 12.6. The Morgan fingerprint density at radius 3 is 2.57 bits per heavy atom. The number of ether oxygens (including phenoxy) is 1. The van der Waals surface area contributed by atoms with E-state index in [1.165, 1.54) is 11.8 Å². The molecule has 0 N–H and O–H groups in total. The van der Waals surface area contributed by atoms with Gasteiger partial charge in [-0.15, -0.1) is 11.3 Å². The van der Waals surface area contributed by atoms with Crippen LogP contribution >= 0.6 is 34.7 Å². The Kier molecular flexibility index (Phi) is 5.62. The molecule has 0 aliphatic heterocycles. The predicted octanol–water partition coefficient (Wildman–Crippen LogP) is 6.00. The quantitative estimate of drug-likeness (QED) is 0.215. The molecule has 140 valence electrons.